The van der Waals surface area contributed by atoms with Crippen LogP contribution in [-0.4, -0.2) is 9.13 Å². The molecule has 0 saturated heterocycles. The zero-order valence-electron chi connectivity index (χ0n) is 15.3. The Balaban J connectivity index is 2.24. The summed E-state index contributed by atoms with van der Waals surface area (Å²) in [5.74, 6) is 0. The molecule has 124 valence electrons. The largest absolute Gasteiger partial charge is 0.337 e. The Labute approximate surface area is 143 Å². The number of aromatic nitrogens is 2. The summed E-state index contributed by atoms with van der Waals surface area (Å²) in [6, 6.07) is 8.48. The topological polar surface area (TPSA) is 26.9 Å². The number of benzene rings is 2. The molecule has 0 aliphatic carbocycles. The van der Waals surface area contributed by atoms with Crippen LogP contribution < -0.4 is 5.69 Å². The number of imidazole rings is 1. The van der Waals surface area contributed by atoms with Gasteiger partial charge in [0.15, 0.2) is 0 Å². The molecule has 3 rings (SSSR count). The summed E-state index contributed by atoms with van der Waals surface area (Å²) in [5.41, 5.74) is 8.82. The molecule has 1 heterocycles. The second-order valence-electron chi connectivity index (χ2n) is 6.82. The highest BCUT2D eigenvalue weighted by molar-refractivity contribution is 5.52. The average molecular weight is 320 g/mol. The van der Waals surface area contributed by atoms with Gasteiger partial charge in [-0.1, -0.05) is 35.4 Å². The van der Waals surface area contributed by atoms with Gasteiger partial charge in [0.05, 0.1) is 11.4 Å². The number of hydrogen-bond acceptors (Lipinski definition) is 1. The van der Waals surface area contributed by atoms with Gasteiger partial charge in [0, 0.05) is 12.4 Å². The molecule has 0 radical (unpaired) electrons. The first-order valence-electron chi connectivity index (χ1n) is 8.26. The van der Waals surface area contributed by atoms with Crippen molar-refractivity contribution in [3.8, 4) is 11.4 Å². The average Bonchev–Trinajstić information content (AvgIpc) is 2.79. The van der Waals surface area contributed by atoms with Crippen molar-refractivity contribution in [1.82, 2.24) is 9.13 Å². The molecule has 0 aliphatic heterocycles. The molecule has 2 aromatic carbocycles. The van der Waals surface area contributed by atoms with Crippen LogP contribution in [0.5, 0.6) is 0 Å². The zero-order valence-corrected chi connectivity index (χ0v) is 15.3. The monoisotopic (exact) mass is 320 g/mol. The van der Waals surface area contributed by atoms with Crippen LogP contribution >= 0.6 is 0 Å². The van der Waals surface area contributed by atoms with Crippen molar-refractivity contribution in [1.29, 1.82) is 0 Å². The second kappa shape index (κ2) is 5.82. The van der Waals surface area contributed by atoms with Gasteiger partial charge in [-0.15, -0.1) is 0 Å². The molecule has 0 fully saturated rings. The minimum Gasteiger partial charge on any atom is -0.267 e. The SMILES string of the molecule is Cc1cc(C)c(-n2ccn(-c3c(C)cc(C)cc3C)c2=O)c(C)c1. The minimum atomic E-state index is -0.0277. The van der Waals surface area contributed by atoms with Gasteiger partial charge >= 0.3 is 5.69 Å². The second-order valence-corrected chi connectivity index (χ2v) is 6.82. The number of nitrogens with zero attached hydrogens (tertiary/aromatic N) is 2. The van der Waals surface area contributed by atoms with Crippen LogP contribution in [0.1, 0.15) is 33.4 Å². The summed E-state index contributed by atoms with van der Waals surface area (Å²) >= 11 is 0. The van der Waals surface area contributed by atoms with E-state index in [0.717, 1.165) is 33.6 Å². The van der Waals surface area contributed by atoms with Crippen molar-refractivity contribution in [3.63, 3.8) is 0 Å². The van der Waals surface area contributed by atoms with Gasteiger partial charge in [-0.2, -0.15) is 0 Å². The molecule has 3 heteroatoms. The summed E-state index contributed by atoms with van der Waals surface area (Å²) in [6.45, 7) is 12.4. The first kappa shape index (κ1) is 16.3. The quantitative estimate of drug-likeness (QED) is 0.684. The summed E-state index contributed by atoms with van der Waals surface area (Å²) in [5, 5.41) is 0. The van der Waals surface area contributed by atoms with Gasteiger partial charge in [-0.3, -0.25) is 9.13 Å². The fourth-order valence-corrected chi connectivity index (χ4v) is 3.82. The summed E-state index contributed by atoms with van der Waals surface area (Å²) in [4.78, 5) is 13.1. The first-order chi connectivity index (χ1) is 11.3. The Bertz CT molecular complexity index is 865. The van der Waals surface area contributed by atoms with Crippen LogP contribution in [-0.2, 0) is 0 Å². The van der Waals surface area contributed by atoms with Gasteiger partial charge in [0.2, 0.25) is 0 Å². The van der Waals surface area contributed by atoms with Crippen LogP contribution in [0.3, 0.4) is 0 Å². The number of aryl methyl sites for hydroxylation is 6. The molecule has 0 amide bonds. The van der Waals surface area contributed by atoms with Gasteiger partial charge in [-0.25, -0.2) is 4.79 Å². The van der Waals surface area contributed by atoms with Crippen LogP contribution in [0.2, 0.25) is 0 Å². The lowest BCUT2D eigenvalue weighted by molar-refractivity contribution is 0.887. The molecule has 3 aromatic rings. The van der Waals surface area contributed by atoms with Crippen LogP contribution in [0.15, 0.2) is 41.5 Å². The molecule has 1 aromatic heterocycles. The Morgan fingerprint density at radius 3 is 1.17 bits per heavy atom. The Morgan fingerprint density at radius 2 is 0.875 bits per heavy atom. The van der Waals surface area contributed by atoms with Gasteiger partial charge in [0.25, 0.3) is 0 Å². The van der Waals surface area contributed by atoms with E-state index >= 15 is 0 Å². The molecule has 0 N–H and O–H groups in total. The maximum Gasteiger partial charge on any atom is 0.337 e. The van der Waals surface area contributed by atoms with Crippen molar-refractivity contribution in [2.45, 2.75) is 41.5 Å². The maximum atomic E-state index is 13.1. The fraction of sp³-hybridized carbons (Fsp3) is 0.286. The molecule has 0 aliphatic rings. The highest BCUT2D eigenvalue weighted by Gasteiger charge is 2.14. The number of rotatable bonds is 2. The zero-order chi connectivity index (χ0) is 17.6. The molecule has 0 unspecified atom stereocenters. The molecular formula is C21H24N2O. The predicted molar refractivity (Wildman–Crippen MR) is 99.8 cm³/mol. The van der Waals surface area contributed by atoms with E-state index in [1.807, 2.05) is 12.4 Å². The van der Waals surface area contributed by atoms with E-state index in [9.17, 15) is 4.79 Å². The van der Waals surface area contributed by atoms with Crippen LogP contribution in [0, 0.1) is 41.5 Å². The smallest absolute Gasteiger partial charge is 0.267 e. The van der Waals surface area contributed by atoms with E-state index in [1.165, 1.54) is 11.1 Å². The van der Waals surface area contributed by atoms with Crippen molar-refractivity contribution in [2.75, 3.05) is 0 Å². The van der Waals surface area contributed by atoms with Gasteiger partial charge in [-0.05, 0) is 63.8 Å². The Kier molecular flexibility index (Phi) is 3.96. The molecule has 0 atom stereocenters. The third-order valence-corrected chi connectivity index (χ3v) is 4.53. The van der Waals surface area contributed by atoms with Crippen molar-refractivity contribution in [2.24, 2.45) is 0 Å². The molecular weight excluding hydrogens is 296 g/mol. The normalized spacial score (nSPS) is 11.1. The lowest BCUT2D eigenvalue weighted by Crippen LogP contribution is -2.24. The molecule has 0 saturated carbocycles. The highest BCUT2D eigenvalue weighted by Crippen LogP contribution is 2.22. The van der Waals surface area contributed by atoms with Crippen molar-refractivity contribution in [3.05, 3.63) is 80.5 Å². The molecule has 0 bridgehead atoms. The Hall–Kier alpha value is -2.55. The lowest BCUT2D eigenvalue weighted by Gasteiger charge is -2.13. The number of hydrogen-bond donors (Lipinski definition) is 0. The standard InChI is InChI=1S/C21H24N2O/c1-13-9-15(3)19(16(4)10-13)22-7-8-23(21(22)24)20-17(5)11-14(2)12-18(20)6/h7-12H,1-6H3. The van der Waals surface area contributed by atoms with E-state index in [2.05, 4.69) is 65.8 Å². The predicted octanol–water partition coefficient (Wildman–Crippen LogP) is 4.48. The van der Waals surface area contributed by atoms with Crippen molar-refractivity contribution >= 4 is 0 Å². The van der Waals surface area contributed by atoms with Crippen LogP contribution in [0.4, 0.5) is 0 Å². The minimum absolute atomic E-state index is 0.0277. The Morgan fingerprint density at radius 1 is 0.583 bits per heavy atom. The van der Waals surface area contributed by atoms with E-state index in [1.54, 1.807) is 9.13 Å². The van der Waals surface area contributed by atoms with E-state index in [-0.39, 0.29) is 5.69 Å². The highest BCUT2D eigenvalue weighted by atomic mass is 16.1. The van der Waals surface area contributed by atoms with E-state index in [0.29, 0.717) is 0 Å². The lowest BCUT2D eigenvalue weighted by atomic mass is 10.0. The summed E-state index contributed by atoms with van der Waals surface area (Å²) in [6.07, 6.45) is 3.73. The maximum absolute atomic E-state index is 13.1. The summed E-state index contributed by atoms with van der Waals surface area (Å²) < 4.78 is 3.51. The van der Waals surface area contributed by atoms with E-state index in [4.69, 9.17) is 0 Å². The van der Waals surface area contributed by atoms with Crippen molar-refractivity contribution < 1.29 is 0 Å². The molecule has 24 heavy (non-hydrogen) atoms. The third-order valence-electron chi connectivity index (χ3n) is 4.53. The van der Waals surface area contributed by atoms with E-state index < -0.39 is 0 Å². The molecule has 3 nitrogen and oxygen atoms in total. The summed E-state index contributed by atoms with van der Waals surface area (Å²) in [7, 11) is 0. The van der Waals surface area contributed by atoms with Gasteiger partial charge in [0.1, 0.15) is 0 Å². The molecule has 0 spiro atoms. The van der Waals surface area contributed by atoms with Crippen LogP contribution in [0.25, 0.3) is 11.4 Å². The third kappa shape index (κ3) is 2.60. The van der Waals surface area contributed by atoms with Gasteiger partial charge < -0.3 is 0 Å². The fourth-order valence-electron chi connectivity index (χ4n) is 3.82. The first-order valence-corrected chi connectivity index (χ1v) is 8.26.